The van der Waals surface area contributed by atoms with Gasteiger partial charge in [-0.05, 0) is 60.3 Å². The summed E-state index contributed by atoms with van der Waals surface area (Å²) in [6.45, 7) is 0.518. The van der Waals surface area contributed by atoms with Crippen molar-refractivity contribution in [3.05, 3.63) is 59.7 Å². The molecule has 0 radical (unpaired) electrons. The molecule has 7 heteroatoms. The lowest BCUT2D eigenvalue weighted by atomic mass is 9.76. The lowest BCUT2D eigenvalue weighted by molar-refractivity contribution is -0.143. The van der Waals surface area contributed by atoms with Crippen LogP contribution >= 0.6 is 0 Å². The lowest BCUT2D eigenvalue weighted by Gasteiger charge is -2.40. The Morgan fingerprint density at radius 2 is 1.59 bits per heavy atom. The highest BCUT2D eigenvalue weighted by atomic mass is 16.5. The van der Waals surface area contributed by atoms with Crippen molar-refractivity contribution in [1.82, 2.24) is 10.6 Å². The number of carboxylic acid groups (broad SMARTS) is 1. The van der Waals surface area contributed by atoms with Crippen LogP contribution in [0.15, 0.2) is 48.5 Å². The number of carbonyl (C=O) groups is 3. The molecule has 2 saturated carbocycles. The standard InChI is InChI=1S/C27H30N2O5/c30-24(31)18-12-5-7-17(18)15-28-25(32)27(13-6-14-27)29-26(33)34-16-23-21-10-3-1-8-19(21)20-9-2-4-11-22(20)23/h1-4,8-11,17-18,23H,5-7,12-16H2,(H,28,32)(H,29,33)(H,30,31)/t17-,18-/m0/s1. The Bertz CT molecular complexity index is 1060. The van der Waals surface area contributed by atoms with Gasteiger partial charge in [0.2, 0.25) is 5.91 Å². The van der Waals surface area contributed by atoms with Crippen molar-refractivity contribution in [2.24, 2.45) is 11.8 Å². The monoisotopic (exact) mass is 462 g/mol. The number of benzene rings is 2. The molecule has 7 nitrogen and oxygen atoms in total. The number of alkyl carbamates (subject to hydrolysis) is 1. The number of aliphatic carboxylic acids is 1. The molecule has 178 valence electrons. The second kappa shape index (κ2) is 9.12. The summed E-state index contributed by atoms with van der Waals surface area (Å²) in [7, 11) is 0. The van der Waals surface area contributed by atoms with Gasteiger partial charge >= 0.3 is 12.1 Å². The van der Waals surface area contributed by atoms with E-state index in [9.17, 15) is 19.5 Å². The highest BCUT2D eigenvalue weighted by Crippen LogP contribution is 2.44. The van der Waals surface area contributed by atoms with Crippen LogP contribution in [0.5, 0.6) is 0 Å². The quantitative estimate of drug-likeness (QED) is 0.576. The molecule has 3 aliphatic carbocycles. The van der Waals surface area contributed by atoms with Crippen LogP contribution in [0.2, 0.25) is 0 Å². The number of amides is 2. The summed E-state index contributed by atoms with van der Waals surface area (Å²) in [5.41, 5.74) is 3.62. The summed E-state index contributed by atoms with van der Waals surface area (Å²) >= 11 is 0. The van der Waals surface area contributed by atoms with Gasteiger partial charge < -0.3 is 20.5 Å². The molecule has 0 spiro atoms. The molecule has 0 saturated heterocycles. The molecule has 3 aliphatic rings. The smallest absolute Gasteiger partial charge is 0.408 e. The first-order valence-electron chi connectivity index (χ1n) is 12.1. The first-order valence-corrected chi connectivity index (χ1v) is 12.1. The van der Waals surface area contributed by atoms with E-state index in [2.05, 4.69) is 34.9 Å². The number of ether oxygens (including phenoxy) is 1. The van der Waals surface area contributed by atoms with Gasteiger partial charge in [-0.2, -0.15) is 0 Å². The van der Waals surface area contributed by atoms with Crippen LogP contribution < -0.4 is 10.6 Å². The average Bonchev–Trinajstić information content (AvgIpc) is 3.41. The number of fused-ring (bicyclic) bond motifs is 3. The molecule has 2 amide bonds. The van der Waals surface area contributed by atoms with Gasteiger partial charge in [-0.25, -0.2) is 4.79 Å². The summed E-state index contributed by atoms with van der Waals surface area (Å²) < 4.78 is 5.64. The Kier molecular flexibility index (Phi) is 6.02. The van der Waals surface area contributed by atoms with Crippen molar-refractivity contribution in [3.8, 4) is 11.1 Å². The van der Waals surface area contributed by atoms with E-state index in [1.807, 2.05) is 24.3 Å². The van der Waals surface area contributed by atoms with Gasteiger partial charge in [0.15, 0.2) is 0 Å². The van der Waals surface area contributed by atoms with Gasteiger partial charge in [0, 0.05) is 12.5 Å². The topological polar surface area (TPSA) is 105 Å². The number of carbonyl (C=O) groups excluding carboxylic acids is 2. The highest BCUT2D eigenvalue weighted by Gasteiger charge is 2.46. The summed E-state index contributed by atoms with van der Waals surface area (Å²) in [4.78, 5) is 37.1. The summed E-state index contributed by atoms with van der Waals surface area (Å²) in [6.07, 6.45) is 3.66. The molecule has 2 atom stereocenters. The highest BCUT2D eigenvalue weighted by molar-refractivity contribution is 5.91. The van der Waals surface area contributed by atoms with Crippen LogP contribution in [0.25, 0.3) is 11.1 Å². The molecule has 2 fully saturated rings. The molecule has 0 bridgehead atoms. The fourth-order valence-electron chi connectivity index (χ4n) is 5.77. The number of nitrogens with one attached hydrogen (secondary N) is 2. The van der Waals surface area contributed by atoms with Crippen LogP contribution in [-0.2, 0) is 14.3 Å². The summed E-state index contributed by atoms with van der Waals surface area (Å²) in [6, 6.07) is 16.3. The maximum absolute atomic E-state index is 13.0. The number of hydrogen-bond acceptors (Lipinski definition) is 4. The Morgan fingerprint density at radius 1 is 0.941 bits per heavy atom. The zero-order valence-electron chi connectivity index (χ0n) is 19.1. The third-order valence-electron chi connectivity index (χ3n) is 7.83. The summed E-state index contributed by atoms with van der Waals surface area (Å²) in [5.74, 6) is -1.56. The minimum atomic E-state index is -0.972. The number of rotatable bonds is 7. The third-order valence-corrected chi connectivity index (χ3v) is 7.83. The van der Waals surface area contributed by atoms with Gasteiger partial charge in [-0.1, -0.05) is 55.0 Å². The normalized spacial score (nSPS) is 22.2. The van der Waals surface area contributed by atoms with Crippen molar-refractivity contribution in [1.29, 1.82) is 0 Å². The van der Waals surface area contributed by atoms with Crippen LogP contribution in [-0.4, -0.2) is 41.8 Å². The minimum absolute atomic E-state index is 0.0420. The van der Waals surface area contributed by atoms with E-state index in [1.165, 1.54) is 0 Å². The van der Waals surface area contributed by atoms with Crippen molar-refractivity contribution in [2.45, 2.75) is 50.0 Å². The van der Waals surface area contributed by atoms with Gasteiger partial charge in [-0.15, -0.1) is 0 Å². The molecule has 0 unspecified atom stereocenters. The molecule has 0 aromatic heterocycles. The molecule has 34 heavy (non-hydrogen) atoms. The van der Waals surface area contributed by atoms with Gasteiger partial charge in [-0.3, -0.25) is 9.59 Å². The second-order valence-corrected chi connectivity index (χ2v) is 9.73. The van der Waals surface area contributed by atoms with Crippen LogP contribution in [0.4, 0.5) is 4.79 Å². The lowest BCUT2D eigenvalue weighted by Crippen LogP contribution is -2.63. The fourth-order valence-corrected chi connectivity index (χ4v) is 5.77. The van der Waals surface area contributed by atoms with Gasteiger partial charge in [0.1, 0.15) is 12.1 Å². The maximum atomic E-state index is 13.0. The van der Waals surface area contributed by atoms with E-state index >= 15 is 0 Å². The van der Waals surface area contributed by atoms with E-state index in [4.69, 9.17) is 4.74 Å². The maximum Gasteiger partial charge on any atom is 0.408 e. The van der Waals surface area contributed by atoms with E-state index in [0.717, 1.165) is 41.5 Å². The fraction of sp³-hybridized carbons (Fsp3) is 0.444. The van der Waals surface area contributed by atoms with Crippen LogP contribution in [0.3, 0.4) is 0 Å². The SMILES string of the molecule is O=C(NC1(C(=O)NC[C@@H]2CCC[C@@H]2C(=O)O)CCC1)OCC1c2ccccc2-c2ccccc21. The van der Waals surface area contributed by atoms with E-state index in [-0.39, 0.29) is 24.3 Å². The van der Waals surface area contributed by atoms with E-state index in [1.54, 1.807) is 0 Å². The summed E-state index contributed by atoms with van der Waals surface area (Å²) in [5, 5.41) is 15.1. The first kappa shape index (κ1) is 22.4. The molecule has 0 aliphatic heterocycles. The predicted molar refractivity (Wildman–Crippen MR) is 126 cm³/mol. The van der Waals surface area contributed by atoms with Crippen molar-refractivity contribution in [3.63, 3.8) is 0 Å². The zero-order chi connectivity index (χ0) is 23.7. The van der Waals surface area contributed by atoms with Crippen molar-refractivity contribution in [2.75, 3.05) is 13.2 Å². The van der Waals surface area contributed by atoms with Gasteiger partial charge in [0.25, 0.3) is 0 Å². The molecule has 5 rings (SSSR count). The number of carboxylic acids is 1. The molecule has 2 aromatic carbocycles. The largest absolute Gasteiger partial charge is 0.481 e. The molecular formula is C27H30N2O5. The van der Waals surface area contributed by atoms with Crippen LogP contribution in [0, 0.1) is 11.8 Å². The Balaban J connectivity index is 1.19. The molecule has 0 heterocycles. The van der Waals surface area contributed by atoms with E-state index in [0.29, 0.717) is 25.8 Å². The average molecular weight is 463 g/mol. The predicted octanol–water partition coefficient (Wildman–Crippen LogP) is 4.06. The van der Waals surface area contributed by atoms with Gasteiger partial charge in [0.05, 0.1) is 5.92 Å². The van der Waals surface area contributed by atoms with E-state index < -0.39 is 23.5 Å². The first-order chi connectivity index (χ1) is 16.5. The van der Waals surface area contributed by atoms with Crippen molar-refractivity contribution < 1.29 is 24.2 Å². The Morgan fingerprint density at radius 3 is 2.18 bits per heavy atom. The minimum Gasteiger partial charge on any atom is -0.481 e. The number of hydrogen-bond donors (Lipinski definition) is 3. The van der Waals surface area contributed by atoms with Crippen molar-refractivity contribution >= 4 is 18.0 Å². The van der Waals surface area contributed by atoms with Crippen LogP contribution in [0.1, 0.15) is 55.6 Å². The zero-order valence-corrected chi connectivity index (χ0v) is 19.1. The Hall–Kier alpha value is -3.35. The Labute approximate surface area is 198 Å². The third kappa shape index (κ3) is 4.04. The molecule has 2 aromatic rings. The molecule has 3 N–H and O–H groups in total. The molecular weight excluding hydrogens is 432 g/mol. The second-order valence-electron chi connectivity index (χ2n) is 9.73.